The van der Waals surface area contributed by atoms with E-state index in [1.807, 2.05) is 36.4 Å². The first-order valence-corrected chi connectivity index (χ1v) is 6.46. The molecule has 2 N–H and O–H groups in total. The molecule has 0 spiro atoms. The van der Waals surface area contributed by atoms with Crippen LogP contribution in [0.25, 0.3) is 0 Å². The normalized spacial score (nSPS) is 14.2. The standard InChI is InChI=1S/C16H18ClN/c1-12-5-3-4-6-15(12)16(2,18)11-13-7-9-14(17)10-8-13/h3-10H,11,18H2,1-2H3. The molecule has 1 atom stereocenters. The van der Waals surface area contributed by atoms with E-state index in [0.29, 0.717) is 0 Å². The maximum absolute atomic E-state index is 6.48. The van der Waals surface area contributed by atoms with Crippen molar-refractivity contribution in [1.82, 2.24) is 0 Å². The summed E-state index contributed by atoms with van der Waals surface area (Å²) in [6, 6.07) is 16.2. The number of nitrogens with two attached hydrogens (primary N) is 1. The average Bonchev–Trinajstić information content (AvgIpc) is 2.32. The number of aryl methyl sites for hydroxylation is 1. The molecule has 0 aliphatic heterocycles. The summed E-state index contributed by atoms with van der Waals surface area (Å²) in [4.78, 5) is 0. The summed E-state index contributed by atoms with van der Waals surface area (Å²) in [5.41, 5.74) is 9.74. The van der Waals surface area contributed by atoms with Crippen molar-refractivity contribution in [2.75, 3.05) is 0 Å². The van der Waals surface area contributed by atoms with Gasteiger partial charge in [0, 0.05) is 10.6 Å². The predicted molar refractivity (Wildman–Crippen MR) is 77.9 cm³/mol. The van der Waals surface area contributed by atoms with Crippen molar-refractivity contribution in [2.45, 2.75) is 25.8 Å². The Morgan fingerprint density at radius 2 is 1.67 bits per heavy atom. The summed E-state index contributed by atoms with van der Waals surface area (Å²) in [5, 5.41) is 0.758. The highest BCUT2D eigenvalue weighted by Crippen LogP contribution is 2.26. The highest BCUT2D eigenvalue weighted by Gasteiger charge is 2.23. The third-order valence-electron chi connectivity index (χ3n) is 3.24. The third kappa shape index (κ3) is 2.92. The lowest BCUT2D eigenvalue weighted by Gasteiger charge is -2.27. The molecule has 0 saturated heterocycles. The Morgan fingerprint density at radius 3 is 2.28 bits per heavy atom. The van der Waals surface area contributed by atoms with E-state index < -0.39 is 0 Å². The third-order valence-corrected chi connectivity index (χ3v) is 3.50. The van der Waals surface area contributed by atoms with Crippen molar-refractivity contribution in [2.24, 2.45) is 5.73 Å². The van der Waals surface area contributed by atoms with Gasteiger partial charge in [-0.1, -0.05) is 48.0 Å². The van der Waals surface area contributed by atoms with Gasteiger partial charge in [-0.25, -0.2) is 0 Å². The minimum atomic E-state index is -0.362. The minimum Gasteiger partial charge on any atom is -0.321 e. The van der Waals surface area contributed by atoms with E-state index in [2.05, 4.69) is 26.0 Å². The Kier molecular flexibility index (Phi) is 3.74. The van der Waals surface area contributed by atoms with Crippen LogP contribution in [0.4, 0.5) is 0 Å². The van der Waals surface area contributed by atoms with Crippen LogP contribution in [-0.2, 0) is 12.0 Å². The SMILES string of the molecule is Cc1ccccc1C(C)(N)Cc1ccc(Cl)cc1. The van der Waals surface area contributed by atoms with Crippen LogP contribution in [-0.4, -0.2) is 0 Å². The van der Waals surface area contributed by atoms with Crippen LogP contribution in [0, 0.1) is 6.92 Å². The van der Waals surface area contributed by atoms with Crippen LogP contribution in [0.1, 0.15) is 23.6 Å². The van der Waals surface area contributed by atoms with Gasteiger partial charge >= 0.3 is 0 Å². The molecule has 0 bridgehead atoms. The van der Waals surface area contributed by atoms with Crippen molar-refractivity contribution >= 4 is 11.6 Å². The van der Waals surface area contributed by atoms with Crippen molar-refractivity contribution in [3.8, 4) is 0 Å². The number of hydrogen-bond donors (Lipinski definition) is 1. The van der Waals surface area contributed by atoms with Gasteiger partial charge in [0.15, 0.2) is 0 Å². The summed E-state index contributed by atoms with van der Waals surface area (Å²) >= 11 is 5.89. The van der Waals surface area contributed by atoms with Gasteiger partial charge in [0.2, 0.25) is 0 Å². The largest absolute Gasteiger partial charge is 0.321 e. The van der Waals surface area contributed by atoms with Crippen molar-refractivity contribution in [1.29, 1.82) is 0 Å². The second kappa shape index (κ2) is 5.13. The van der Waals surface area contributed by atoms with E-state index in [1.54, 1.807) is 0 Å². The van der Waals surface area contributed by atoms with E-state index in [-0.39, 0.29) is 5.54 Å². The fraction of sp³-hybridized carbons (Fsp3) is 0.250. The van der Waals surface area contributed by atoms with Crippen LogP contribution in [0.5, 0.6) is 0 Å². The molecule has 0 heterocycles. The van der Waals surface area contributed by atoms with Gasteiger partial charge in [0.1, 0.15) is 0 Å². The van der Waals surface area contributed by atoms with Gasteiger partial charge in [0.25, 0.3) is 0 Å². The fourth-order valence-electron chi connectivity index (χ4n) is 2.34. The average molecular weight is 260 g/mol. The fourth-order valence-corrected chi connectivity index (χ4v) is 2.46. The smallest absolute Gasteiger partial charge is 0.0424 e. The molecule has 0 radical (unpaired) electrons. The molecule has 1 unspecified atom stereocenters. The van der Waals surface area contributed by atoms with Crippen molar-refractivity contribution < 1.29 is 0 Å². The molecule has 0 aromatic heterocycles. The van der Waals surface area contributed by atoms with Crippen LogP contribution in [0.3, 0.4) is 0 Å². The van der Waals surface area contributed by atoms with Crippen molar-refractivity contribution in [3.05, 3.63) is 70.2 Å². The van der Waals surface area contributed by atoms with E-state index >= 15 is 0 Å². The van der Waals surface area contributed by atoms with Gasteiger partial charge < -0.3 is 5.73 Å². The molecule has 18 heavy (non-hydrogen) atoms. The lowest BCUT2D eigenvalue weighted by atomic mass is 9.84. The summed E-state index contributed by atoms with van der Waals surface area (Å²) < 4.78 is 0. The molecule has 0 amide bonds. The molecular weight excluding hydrogens is 242 g/mol. The van der Waals surface area contributed by atoms with Crippen LogP contribution < -0.4 is 5.73 Å². The molecule has 0 saturated carbocycles. The molecule has 2 rings (SSSR count). The topological polar surface area (TPSA) is 26.0 Å². The first-order valence-electron chi connectivity index (χ1n) is 6.08. The van der Waals surface area contributed by atoms with Crippen LogP contribution in [0.15, 0.2) is 48.5 Å². The maximum Gasteiger partial charge on any atom is 0.0424 e. The van der Waals surface area contributed by atoms with Gasteiger partial charge in [-0.3, -0.25) is 0 Å². The molecule has 2 aromatic rings. The zero-order valence-corrected chi connectivity index (χ0v) is 11.5. The van der Waals surface area contributed by atoms with Crippen LogP contribution >= 0.6 is 11.6 Å². The Labute approximate surface area is 114 Å². The van der Waals surface area contributed by atoms with E-state index in [9.17, 15) is 0 Å². The van der Waals surface area contributed by atoms with Crippen LogP contribution in [0.2, 0.25) is 5.02 Å². The highest BCUT2D eigenvalue weighted by molar-refractivity contribution is 6.30. The molecular formula is C16H18ClN. The Balaban J connectivity index is 2.27. The Bertz CT molecular complexity index is 529. The number of benzene rings is 2. The lowest BCUT2D eigenvalue weighted by molar-refractivity contribution is 0.488. The Hall–Kier alpha value is -1.31. The zero-order chi connectivity index (χ0) is 13.2. The first-order chi connectivity index (χ1) is 8.49. The zero-order valence-electron chi connectivity index (χ0n) is 10.8. The molecule has 2 heteroatoms. The second-order valence-electron chi connectivity index (χ2n) is 5.04. The predicted octanol–water partition coefficient (Wildman–Crippen LogP) is 4.07. The molecule has 2 aromatic carbocycles. The summed E-state index contributed by atoms with van der Waals surface area (Å²) in [5.74, 6) is 0. The van der Waals surface area contributed by atoms with E-state index in [0.717, 1.165) is 11.4 Å². The van der Waals surface area contributed by atoms with Gasteiger partial charge in [0.05, 0.1) is 0 Å². The lowest BCUT2D eigenvalue weighted by Crippen LogP contribution is -2.36. The maximum atomic E-state index is 6.48. The second-order valence-corrected chi connectivity index (χ2v) is 5.47. The van der Waals surface area contributed by atoms with Crippen molar-refractivity contribution in [3.63, 3.8) is 0 Å². The number of hydrogen-bond acceptors (Lipinski definition) is 1. The quantitative estimate of drug-likeness (QED) is 0.884. The van der Waals surface area contributed by atoms with Gasteiger partial charge in [-0.05, 0) is 49.1 Å². The monoisotopic (exact) mass is 259 g/mol. The molecule has 1 nitrogen and oxygen atoms in total. The summed E-state index contributed by atoms with van der Waals surface area (Å²) in [6.07, 6.45) is 0.801. The highest BCUT2D eigenvalue weighted by atomic mass is 35.5. The Morgan fingerprint density at radius 1 is 1.06 bits per heavy atom. The van der Waals surface area contributed by atoms with E-state index in [1.165, 1.54) is 16.7 Å². The van der Waals surface area contributed by atoms with Gasteiger partial charge in [-0.2, -0.15) is 0 Å². The molecule has 0 aliphatic rings. The number of halogens is 1. The van der Waals surface area contributed by atoms with Gasteiger partial charge in [-0.15, -0.1) is 0 Å². The first kappa shape index (κ1) is 13.1. The molecule has 94 valence electrons. The number of rotatable bonds is 3. The van der Waals surface area contributed by atoms with E-state index in [4.69, 9.17) is 17.3 Å². The summed E-state index contributed by atoms with van der Waals surface area (Å²) in [6.45, 7) is 4.17. The molecule has 0 aliphatic carbocycles. The minimum absolute atomic E-state index is 0.362. The summed E-state index contributed by atoms with van der Waals surface area (Å²) in [7, 11) is 0. The molecule has 0 fully saturated rings.